The number of aliphatic hydroxyl groups is 1. The summed E-state index contributed by atoms with van der Waals surface area (Å²) >= 11 is 0. The predicted octanol–water partition coefficient (Wildman–Crippen LogP) is 3.07. The lowest BCUT2D eigenvalue weighted by Gasteiger charge is -2.42. The van der Waals surface area contributed by atoms with Gasteiger partial charge in [0.15, 0.2) is 0 Å². The van der Waals surface area contributed by atoms with Crippen molar-refractivity contribution >= 4 is 5.91 Å². The Morgan fingerprint density at radius 2 is 1.84 bits per heavy atom. The van der Waals surface area contributed by atoms with E-state index in [1.54, 1.807) is 0 Å². The zero-order chi connectivity index (χ0) is 14.7. The zero-order valence-electron chi connectivity index (χ0n) is 13.3. The third kappa shape index (κ3) is 3.95. The third-order valence-electron chi connectivity index (χ3n) is 4.69. The van der Waals surface area contributed by atoms with E-state index in [-0.39, 0.29) is 23.3 Å². The van der Waals surface area contributed by atoms with Crippen molar-refractivity contribution < 1.29 is 9.90 Å². The van der Waals surface area contributed by atoms with E-state index in [0.29, 0.717) is 5.92 Å². The lowest BCUT2D eigenvalue weighted by Crippen LogP contribution is -2.49. The molecular weight excluding hydrogens is 238 g/mol. The SMILES string of the molecule is CCC1(CO)CCN(C(=O)C(C)(C)CC(C)C)CC1. The van der Waals surface area contributed by atoms with Gasteiger partial charge in [0.2, 0.25) is 5.91 Å². The average Bonchev–Trinajstić information content (AvgIpc) is 2.36. The van der Waals surface area contributed by atoms with Crippen molar-refractivity contribution in [2.75, 3.05) is 19.7 Å². The van der Waals surface area contributed by atoms with Crippen molar-refractivity contribution in [2.45, 2.75) is 60.3 Å². The number of hydrogen-bond donors (Lipinski definition) is 1. The summed E-state index contributed by atoms with van der Waals surface area (Å²) in [6, 6.07) is 0. The van der Waals surface area contributed by atoms with Gasteiger partial charge >= 0.3 is 0 Å². The van der Waals surface area contributed by atoms with Gasteiger partial charge in [-0.3, -0.25) is 4.79 Å². The van der Waals surface area contributed by atoms with Crippen LogP contribution in [0, 0.1) is 16.7 Å². The Morgan fingerprint density at radius 3 is 2.21 bits per heavy atom. The van der Waals surface area contributed by atoms with E-state index >= 15 is 0 Å². The second kappa shape index (κ2) is 6.25. The molecule has 1 rings (SSSR count). The summed E-state index contributed by atoms with van der Waals surface area (Å²) in [7, 11) is 0. The maximum Gasteiger partial charge on any atom is 0.228 e. The smallest absolute Gasteiger partial charge is 0.228 e. The lowest BCUT2D eigenvalue weighted by atomic mass is 9.75. The van der Waals surface area contributed by atoms with Crippen LogP contribution in [-0.4, -0.2) is 35.6 Å². The van der Waals surface area contributed by atoms with E-state index < -0.39 is 0 Å². The fourth-order valence-corrected chi connectivity index (χ4v) is 3.34. The van der Waals surface area contributed by atoms with Crippen molar-refractivity contribution in [1.29, 1.82) is 0 Å². The Bertz CT molecular complexity index is 296. The van der Waals surface area contributed by atoms with Crippen LogP contribution in [0.25, 0.3) is 0 Å². The molecule has 1 aliphatic heterocycles. The van der Waals surface area contributed by atoms with E-state index in [1.165, 1.54) is 0 Å². The van der Waals surface area contributed by atoms with E-state index in [2.05, 4.69) is 34.6 Å². The summed E-state index contributed by atoms with van der Waals surface area (Å²) < 4.78 is 0. The molecule has 3 heteroatoms. The summed E-state index contributed by atoms with van der Waals surface area (Å²) in [6.07, 6.45) is 3.80. The fraction of sp³-hybridized carbons (Fsp3) is 0.938. The molecule has 1 amide bonds. The molecule has 0 saturated carbocycles. The van der Waals surface area contributed by atoms with E-state index in [4.69, 9.17) is 0 Å². The summed E-state index contributed by atoms with van der Waals surface area (Å²) in [6.45, 7) is 12.4. The molecule has 1 heterocycles. The van der Waals surface area contributed by atoms with Gasteiger partial charge in [0, 0.05) is 25.1 Å². The number of carbonyl (C=O) groups excluding carboxylic acids is 1. The molecule has 0 radical (unpaired) electrons. The molecule has 1 N–H and O–H groups in total. The Labute approximate surface area is 118 Å². The number of carbonyl (C=O) groups is 1. The summed E-state index contributed by atoms with van der Waals surface area (Å²) in [5.74, 6) is 0.819. The zero-order valence-corrected chi connectivity index (χ0v) is 13.3. The maximum atomic E-state index is 12.6. The molecular formula is C16H31NO2. The third-order valence-corrected chi connectivity index (χ3v) is 4.69. The molecule has 1 saturated heterocycles. The first kappa shape index (κ1) is 16.5. The molecule has 0 aromatic heterocycles. The molecule has 0 unspecified atom stereocenters. The summed E-state index contributed by atoms with van der Waals surface area (Å²) in [5.41, 5.74) is -0.210. The minimum atomic E-state index is -0.264. The van der Waals surface area contributed by atoms with Gasteiger partial charge in [-0.05, 0) is 37.0 Å². The molecule has 3 nitrogen and oxygen atoms in total. The highest BCUT2D eigenvalue weighted by atomic mass is 16.3. The average molecular weight is 269 g/mol. The van der Waals surface area contributed by atoms with E-state index in [1.807, 2.05) is 4.90 Å². The van der Waals surface area contributed by atoms with Crippen molar-refractivity contribution in [2.24, 2.45) is 16.7 Å². The van der Waals surface area contributed by atoms with Gasteiger partial charge in [-0.1, -0.05) is 34.6 Å². The van der Waals surface area contributed by atoms with Gasteiger partial charge in [0.05, 0.1) is 0 Å². The van der Waals surface area contributed by atoms with Crippen LogP contribution in [0.3, 0.4) is 0 Å². The number of hydrogen-bond acceptors (Lipinski definition) is 2. The number of piperidine rings is 1. The quantitative estimate of drug-likeness (QED) is 0.833. The molecule has 112 valence electrons. The van der Waals surface area contributed by atoms with Gasteiger partial charge in [0.1, 0.15) is 0 Å². The first-order valence-corrected chi connectivity index (χ1v) is 7.66. The van der Waals surface area contributed by atoms with Gasteiger partial charge in [-0.25, -0.2) is 0 Å². The van der Waals surface area contributed by atoms with Crippen LogP contribution >= 0.6 is 0 Å². The number of aliphatic hydroxyl groups excluding tert-OH is 1. The van der Waals surface area contributed by atoms with Crippen LogP contribution < -0.4 is 0 Å². The number of amides is 1. The van der Waals surface area contributed by atoms with Crippen LogP contribution in [-0.2, 0) is 4.79 Å². The van der Waals surface area contributed by atoms with E-state index in [0.717, 1.165) is 38.8 Å². The second-order valence-corrected chi connectivity index (χ2v) is 7.29. The molecule has 0 bridgehead atoms. The molecule has 1 aliphatic rings. The minimum absolute atomic E-state index is 0.0545. The normalized spacial score (nSPS) is 19.8. The Kier molecular flexibility index (Phi) is 5.43. The van der Waals surface area contributed by atoms with Crippen molar-refractivity contribution in [3.05, 3.63) is 0 Å². The first-order valence-electron chi connectivity index (χ1n) is 7.66. The maximum absolute atomic E-state index is 12.6. The van der Waals surface area contributed by atoms with Gasteiger partial charge < -0.3 is 10.0 Å². The second-order valence-electron chi connectivity index (χ2n) is 7.29. The minimum Gasteiger partial charge on any atom is -0.396 e. The van der Waals surface area contributed by atoms with E-state index in [9.17, 15) is 9.90 Å². The summed E-state index contributed by atoms with van der Waals surface area (Å²) in [5, 5.41) is 9.54. The molecule has 0 aliphatic carbocycles. The van der Waals surface area contributed by atoms with Crippen LogP contribution in [0.2, 0.25) is 0 Å². The highest BCUT2D eigenvalue weighted by Crippen LogP contribution is 2.36. The lowest BCUT2D eigenvalue weighted by molar-refractivity contribution is -0.144. The first-order chi connectivity index (χ1) is 8.76. The van der Waals surface area contributed by atoms with Crippen molar-refractivity contribution in [1.82, 2.24) is 4.90 Å². The predicted molar refractivity (Wildman–Crippen MR) is 78.9 cm³/mol. The van der Waals surface area contributed by atoms with Crippen LogP contribution in [0.15, 0.2) is 0 Å². The topological polar surface area (TPSA) is 40.5 Å². The van der Waals surface area contributed by atoms with Crippen LogP contribution in [0.5, 0.6) is 0 Å². The summed E-state index contributed by atoms with van der Waals surface area (Å²) in [4.78, 5) is 14.6. The molecule has 1 fully saturated rings. The van der Waals surface area contributed by atoms with Gasteiger partial charge in [-0.2, -0.15) is 0 Å². The number of rotatable bonds is 5. The van der Waals surface area contributed by atoms with Crippen molar-refractivity contribution in [3.8, 4) is 0 Å². The van der Waals surface area contributed by atoms with Gasteiger partial charge in [-0.15, -0.1) is 0 Å². The van der Waals surface area contributed by atoms with Crippen molar-refractivity contribution in [3.63, 3.8) is 0 Å². The van der Waals surface area contributed by atoms with Crippen LogP contribution in [0.1, 0.15) is 60.3 Å². The Morgan fingerprint density at radius 1 is 1.32 bits per heavy atom. The Hall–Kier alpha value is -0.570. The molecule has 0 aromatic carbocycles. The molecule has 19 heavy (non-hydrogen) atoms. The number of likely N-dealkylation sites (tertiary alicyclic amines) is 1. The molecule has 0 atom stereocenters. The standard InChI is InChI=1S/C16H31NO2/c1-6-16(12-18)7-9-17(10-8-16)14(19)15(4,5)11-13(2)3/h13,18H,6-12H2,1-5H3. The van der Waals surface area contributed by atoms with Gasteiger partial charge in [0.25, 0.3) is 0 Å². The fourth-order valence-electron chi connectivity index (χ4n) is 3.34. The highest BCUT2D eigenvalue weighted by molar-refractivity contribution is 5.82. The van der Waals surface area contributed by atoms with Crippen LogP contribution in [0.4, 0.5) is 0 Å². The largest absolute Gasteiger partial charge is 0.396 e. The molecule has 0 spiro atoms. The number of nitrogens with zero attached hydrogens (tertiary/aromatic N) is 1. The highest BCUT2D eigenvalue weighted by Gasteiger charge is 2.38. The Balaban J connectivity index is 2.62. The molecule has 0 aromatic rings. The monoisotopic (exact) mass is 269 g/mol.